The Morgan fingerprint density at radius 1 is 1.38 bits per heavy atom. The number of nitrogens with zero attached hydrogens (tertiary/aromatic N) is 2. The van der Waals surface area contributed by atoms with E-state index in [-0.39, 0.29) is 0 Å². The van der Waals surface area contributed by atoms with Crippen molar-refractivity contribution in [1.29, 1.82) is 0 Å². The number of nitrogens with one attached hydrogen (secondary N) is 1. The average molecular weight is 236 g/mol. The lowest BCUT2D eigenvalue weighted by Gasteiger charge is -2.02. The molecule has 0 radical (unpaired) electrons. The first-order valence-corrected chi connectivity index (χ1v) is 5.97. The van der Waals surface area contributed by atoms with Gasteiger partial charge in [0.1, 0.15) is 5.65 Å². The highest BCUT2D eigenvalue weighted by molar-refractivity contribution is 6.31. The summed E-state index contributed by atoms with van der Waals surface area (Å²) >= 11 is 6.02. The Hall–Kier alpha value is -1.06. The molecule has 2 aromatic rings. The van der Waals surface area contributed by atoms with Crippen LogP contribution in [0.15, 0.2) is 12.3 Å². The topological polar surface area (TPSA) is 29.9 Å². The van der Waals surface area contributed by atoms with Gasteiger partial charge < -0.3 is 9.88 Å². The Labute approximate surface area is 99.4 Å². The van der Waals surface area contributed by atoms with Crippen LogP contribution in [0.1, 0.15) is 11.3 Å². The molecule has 0 atom stereocenters. The molecule has 3 nitrogen and oxygen atoms in total. The van der Waals surface area contributed by atoms with Crippen LogP contribution in [-0.4, -0.2) is 22.6 Å². The summed E-state index contributed by atoms with van der Waals surface area (Å²) in [6, 6.07) is 2.04. The first-order chi connectivity index (χ1) is 7.77. The van der Waals surface area contributed by atoms with Crippen molar-refractivity contribution in [3.63, 3.8) is 0 Å². The number of pyridine rings is 1. The van der Waals surface area contributed by atoms with E-state index in [0.29, 0.717) is 0 Å². The summed E-state index contributed by atoms with van der Waals surface area (Å²) in [5, 5.41) is 5.36. The van der Waals surface area contributed by atoms with Gasteiger partial charge in [-0.05, 0) is 24.6 Å². The summed E-state index contributed by atoms with van der Waals surface area (Å²) in [5.41, 5.74) is 3.86. The van der Waals surface area contributed by atoms with Gasteiger partial charge in [-0.1, -0.05) is 11.6 Å². The second kappa shape index (κ2) is 3.75. The van der Waals surface area contributed by atoms with E-state index in [1.807, 2.05) is 6.07 Å². The normalized spacial score (nSPS) is 16.1. The summed E-state index contributed by atoms with van der Waals surface area (Å²) in [6.45, 7) is 2.09. The highest BCUT2D eigenvalue weighted by Crippen LogP contribution is 2.27. The first kappa shape index (κ1) is 10.1. The minimum atomic E-state index is 0.720. The molecule has 0 fully saturated rings. The van der Waals surface area contributed by atoms with Crippen LogP contribution in [0.3, 0.4) is 0 Å². The zero-order valence-corrected chi connectivity index (χ0v) is 10.0. The molecule has 0 unspecified atom stereocenters. The van der Waals surface area contributed by atoms with E-state index in [2.05, 4.69) is 21.9 Å². The number of halogens is 1. The van der Waals surface area contributed by atoms with Crippen LogP contribution in [0, 0.1) is 0 Å². The van der Waals surface area contributed by atoms with E-state index in [4.69, 9.17) is 11.6 Å². The monoisotopic (exact) mass is 235 g/mol. The quantitative estimate of drug-likeness (QED) is 0.756. The van der Waals surface area contributed by atoms with Crippen molar-refractivity contribution in [2.45, 2.75) is 12.8 Å². The van der Waals surface area contributed by atoms with Crippen molar-refractivity contribution in [2.75, 3.05) is 13.1 Å². The molecule has 3 rings (SSSR count). The molecule has 3 heterocycles. The fraction of sp³-hybridized carbons (Fsp3) is 0.417. The van der Waals surface area contributed by atoms with Crippen molar-refractivity contribution in [3.05, 3.63) is 28.5 Å². The molecule has 1 N–H and O–H groups in total. The molecule has 0 spiro atoms. The molecule has 0 saturated heterocycles. The van der Waals surface area contributed by atoms with E-state index in [9.17, 15) is 0 Å². The van der Waals surface area contributed by atoms with E-state index in [1.165, 1.54) is 16.6 Å². The second-order valence-electron chi connectivity index (χ2n) is 4.26. The predicted octanol–water partition coefficient (Wildman–Crippen LogP) is 1.91. The van der Waals surface area contributed by atoms with Gasteiger partial charge in [0, 0.05) is 37.3 Å². The average Bonchev–Trinajstić information content (AvgIpc) is 2.47. The van der Waals surface area contributed by atoms with Crippen LogP contribution in [0.4, 0.5) is 0 Å². The van der Waals surface area contributed by atoms with Crippen molar-refractivity contribution in [3.8, 4) is 0 Å². The van der Waals surface area contributed by atoms with E-state index in [0.717, 1.165) is 36.6 Å². The molecular formula is C12H14ClN3. The predicted molar refractivity (Wildman–Crippen MR) is 66.0 cm³/mol. The number of rotatable bonds is 0. The fourth-order valence-electron chi connectivity index (χ4n) is 2.55. The van der Waals surface area contributed by atoms with E-state index < -0.39 is 0 Å². The molecule has 4 heteroatoms. The van der Waals surface area contributed by atoms with Crippen LogP contribution in [-0.2, 0) is 19.9 Å². The molecule has 1 aliphatic rings. The Bertz CT molecular complexity index is 545. The zero-order valence-electron chi connectivity index (χ0n) is 9.26. The first-order valence-electron chi connectivity index (χ1n) is 5.60. The Morgan fingerprint density at radius 3 is 3.06 bits per heavy atom. The number of hydrogen-bond acceptors (Lipinski definition) is 2. The third kappa shape index (κ3) is 1.43. The highest BCUT2D eigenvalue weighted by atomic mass is 35.5. The molecule has 0 aromatic carbocycles. The second-order valence-corrected chi connectivity index (χ2v) is 4.70. The smallest absolute Gasteiger partial charge is 0.140 e. The number of aromatic nitrogens is 2. The minimum absolute atomic E-state index is 0.720. The van der Waals surface area contributed by atoms with Gasteiger partial charge in [-0.25, -0.2) is 4.98 Å². The maximum absolute atomic E-state index is 6.02. The fourth-order valence-corrected chi connectivity index (χ4v) is 2.71. The van der Waals surface area contributed by atoms with Crippen molar-refractivity contribution in [1.82, 2.24) is 14.9 Å². The van der Waals surface area contributed by atoms with Crippen LogP contribution in [0.25, 0.3) is 11.0 Å². The number of fused-ring (bicyclic) bond motifs is 3. The highest BCUT2D eigenvalue weighted by Gasteiger charge is 2.17. The van der Waals surface area contributed by atoms with Gasteiger partial charge in [-0.3, -0.25) is 0 Å². The van der Waals surface area contributed by atoms with Gasteiger partial charge >= 0.3 is 0 Å². The third-order valence-corrected chi connectivity index (χ3v) is 3.53. The molecule has 16 heavy (non-hydrogen) atoms. The molecule has 0 amide bonds. The van der Waals surface area contributed by atoms with Crippen LogP contribution < -0.4 is 5.32 Å². The molecule has 84 valence electrons. The molecule has 0 bridgehead atoms. The molecule has 2 aromatic heterocycles. The summed E-state index contributed by atoms with van der Waals surface area (Å²) in [6.07, 6.45) is 3.86. The van der Waals surface area contributed by atoms with Gasteiger partial charge in [-0.15, -0.1) is 0 Å². The van der Waals surface area contributed by atoms with Crippen LogP contribution >= 0.6 is 11.6 Å². The summed E-state index contributed by atoms with van der Waals surface area (Å²) in [7, 11) is 2.09. The lowest BCUT2D eigenvalue weighted by Crippen LogP contribution is -2.17. The Morgan fingerprint density at radius 2 is 2.19 bits per heavy atom. The lowest BCUT2D eigenvalue weighted by atomic mass is 10.1. The van der Waals surface area contributed by atoms with E-state index in [1.54, 1.807) is 6.20 Å². The lowest BCUT2D eigenvalue weighted by molar-refractivity contribution is 0.699. The van der Waals surface area contributed by atoms with Gasteiger partial charge in [0.2, 0.25) is 0 Å². The van der Waals surface area contributed by atoms with Crippen molar-refractivity contribution in [2.24, 2.45) is 7.05 Å². The Kier molecular flexibility index (Phi) is 2.37. The molecule has 1 aliphatic heterocycles. The van der Waals surface area contributed by atoms with Gasteiger partial charge in [0.15, 0.2) is 0 Å². The summed E-state index contributed by atoms with van der Waals surface area (Å²) in [4.78, 5) is 4.43. The molecular weight excluding hydrogens is 222 g/mol. The molecule has 0 saturated carbocycles. The molecule has 0 aliphatic carbocycles. The third-order valence-electron chi connectivity index (χ3n) is 3.32. The van der Waals surface area contributed by atoms with Crippen LogP contribution in [0.2, 0.25) is 5.02 Å². The maximum Gasteiger partial charge on any atom is 0.140 e. The van der Waals surface area contributed by atoms with Gasteiger partial charge in [0.05, 0.1) is 5.02 Å². The summed E-state index contributed by atoms with van der Waals surface area (Å²) in [5.74, 6) is 0. The Balaban J connectivity index is 2.32. The number of hydrogen-bond donors (Lipinski definition) is 1. The SMILES string of the molecule is Cn1c2c(c3cc(Cl)cnc31)CCNCC2. The largest absolute Gasteiger partial charge is 0.332 e. The van der Waals surface area contributed by atoms with Gasteiger partial charge in [-0.2, -0.15) is 0 Å². The van der Waals surface area contributed by atoms with E-state index >= 15 is 0 Å². The van der Waals surface area contributed by atoms with Crippen molar-refractivity contribution < 1.29 is 0 Å². The minimum Gasteiger partial charge on any atom is -0.332 e. The van der Waals surface area contributed by atoms with Crippen LogP contribution in [0.5, 0.6) is 0 Å². The summed E-state index contributed by atoms with van der Waals surface area (Å²) < 4.78 is 2.20. The zero-order chi connectivity index (χ0) is 11.1. The number of aryl methyl sites for hydroxylation is 1. The maximum atomic E-state index is 6.02. The van der Waals surface area contributed by atoms with Gasteiger partial charge in [0.25, 0.3) is 0 Å². The standard InChI is InChI=1S/C12H14ClN3/c1-16-11-3-5-14-4-2-9(11)10-6-8(13)7-15-12(10)16/h6-7,14H,2-5H2,1H3. The van der Waals surface area contributed by atoms with Crippen molar-refractivity contribution >= 4 is 22.6 Å².